The van der Waals surface area contributed by atoms with Crippen LogP contribution in [0.2, 0.25) is 0 Å². The number of hydrogen-bond donors (Lipinski definition) is 1. The number of ether oxygens (including phenoxy) is 15. The second-order valence-electron chi connectivity index (χ2n) is 23.9. The number of terminal acetylenes is 1. The van der Waals surface area contributed by atoms with Gasteiger partial charge in [-0.2, -0.15) is 0 Å². The molecule has 5 heterocycles. The fourth-order valence-electron chi connectivity index (χ4n) is 12.3. The van der Waals surface area contributed by atoms with E-state index in [0.717, 1.165) is 16.7 Å². The summed E-state index contributed by atoms with van der Waals surface area (Å²) < 4.78 is 98.2. The maximum Gasteiger partial charge on any atom is 0.302 e. The first-order chi connectivity index (χ1) is 42.9. The molecule has 8 rings (SSSR count). The van der Waals surface area contributed by atoms with Gasteiger partial charge < -0.3 is 76.2 Å². The summed E-state index contributed by atoms with van der Waals surface area (Å²) in [5, 5.41) is 19.8. The summed E-state index contributed by atoms with van der Waals surface area (Å²) in [7, 11) is 0. The summed E-state index contributed by atoms with van der Waals surface area (Å²) >= 11 is 0. The normalized spacial score (nSPS) is 37.2. The number of aliphatic hydroxyl groups excluding tert-OH is 1. The van der Waals surface area contributed by atoms with Crippen molar-refractivity contribution in [2.75, 3.05) is 19.8 Å². The van der Waals surface area contributed by atoms with Crippen LogP contribution in [-0.4, -0.2) is 160 Å². The maximum absolute atomic E-state index is 12.6. The minimum absolute atomic E-state index is 0.136. The van der Waals surface area contributed by atoms with Crippen molar-refractivity contribution >= 4 is 11.9 Å². The molecular weight excluding hydrogens is 1150 g/mol. The van der Waals surface area contributed by atoms with Gasteiger partial charge in [0, 0.05) is 47.8 Å². The average molecular weight is 1240 g/mol. The number of azide groups is 2. The molecule has 486 valence electrons. The van der Waals surface area contributed by atoms with E-state index in [0.29, 0.717) is 19.4 Å². The fourth-order valence-corrected chi connectivity index (χ4v) is 12.3. The maximum atomic E-state index is 12.6. The van der Waals surface area contributed by atoms with Gasteiger partial charge in [0.15, 0.2) is 31.5 Å². The standard InChI is InChI=1S/C65H88N6O18/c1-12-13-23-30-75-61-39(5)57(79-32-47-26-19-15-20-27-47)59(42(8)82-61)88-64-52(69-71-67)37(3)55(50(85-64)35-77-45(11)73)87-63-40(6)58(80-33-48-28-21-16-22-29-48)60(43(9)83-63)89-65-51(68-70-66)36(2)54(49(84-65)34-76-44(10)72)86-62-38(4)56(53(74)41(7)81-62)78-31-46-24-17-14-18-25-46/h1,14-22,24-29,36-43,49-65,74H,13,23,30-35H2,2-11H3/t36-,37-,38?,39?,40?,41?,42?,43?,49?,50?,51?,52?,53-,54+,55+,56+,57+,58+,59-,60-,61-,62+,63+,64+,65+/m1/s1. The van der Waals surface area contributed by atoms with Crippen LogP contribution in [0, 0.1) is 41.9 Å². The first-order valence-corrected chi connectivity index (χ1v) is 30.8. The minimum Gasteiger partial charge on any atom is -0.463 e. The lowest BCUT2D eigenvalue weighted by atomic mass is 9.87. The van der Waals surface area contributed by atoms with Gasteiger partial charge in [-0.05, 0) is 66.8 Å². The lowest BCUT2D eigenvalue weighted by Gasteiger charge is -2.51. The van der Waals surface area contributed by atoms with Crippen LogP contribution in [0.3, 0.4) is 0 Å². The monoisotopic (exact) mass is 1240 g/mol. The zero-order valence-electron chi connectivity index (χ0n) is 52.4. The molecule has 0 radical (unpaired) electrons. The Hall–Kier alpha value is -5.78. The highest BCUT2D eigenvalue weighted by molar-refractivity contribution is 5.66. The number of benzene rings is 3. The highest BCUT2D eigenvalue weighted by Crippen LogP contribution is 2.43. The van der Waals surface area contributed by atoms with Gasteiger partial charge in [0.2, 0.25) is 0 Å². The topological polar surface area (TPSA) is 290 Å². The molecule has 0 aliphatic carbocycles. The number of carbonyl (C=O) groups excluding carboxylic acids is 2. The van der Waals surface area contributed by atoms with Crippen molar-refractivity contribution in [3.8, 4) is 12.3 Å². The van der Waals surface area contributed by atoms with Crippen molar-refractivity contribution in [2.24, 2.45) is 39.8 Å². The van der Waals surface area contributed by atoms with Gasteiger partial charge >= 0.3 is 11.9 Å². The van der Waals surface area contributed by atoms with Gasteiger partial charge in [-0.15, -0.1) is 12.3 Å². The smallest absolute Gasteiger partial charge is 0.302 e. The predicted molar refractivity (Wildman–Crippen MR) is 320 cm³/mol. The molecule has 0 saturated carbocycles. The van der Waals surface area contributed by atoms with E-state index in [2.05, 4.69) is 26.0 Å². The van der Waals surface area contributed by atoms with Crippen LogP contribution in [-0.2, 0) is 100 Å². The van der Waals surface area contributed by atoms with Gasteiger partial charge in [0.05, 0.1) is 87.3 Å². The number of carbonyl (C=O) groups is 2. The summed E-state index contributed by atoms with van der Waals surface area (Å²) in [6, 6.07) is 26.8. The number of nitrogens with zero attached hydrogens (tertiary/aromatic N) is 6. The van der Waals surface area contributed by atoms with E-state index in [-0.39, 0.29) is 39.0 Å². The number of aliphatic hydroxyl groups is 1. The van der Waals surface area contributed by atoms with Crippen LogP contribution in [0.1, 0.15) is 98.8 Å². The van der Waals surface area contributed by atoms with Crippen molar-refractivity contribution in [3.05, 3.63) is 129 Å². The Labute approximate surface area is 521 Å². The third-order valence-electron chi connectivity index (χ3n) is 17.3. The molecule has 89 heavy (non-hydrogen) atoms. The van der Waals surface area contributed by atoms with Gasteiger partial charge in [0.1, 0.15) is 43.7 Å². The summed E-state index contributed by atoms with van der Waals surface area (Å²) in [5.41, 5.74) is 23.1. The molecule has 24 heteroatoms. The number of esters is 2. The predicted octanol–water partition coefficient (Wildman–Crippen LogP) is 9.42. The van der Waals surface area contributed by atoms with E-state index in [1.165, 1.54) is 13.8 Å². The zero-order chi connectivity index (χ0) is 63.7. The van der Waals surface area contributed by atoms with Crippen molar-refractivity contribution < 1.29 is 85.7 Å². The summed E-state index contributed by atoms with van der Waals surface area (Å²) in [4.78, 5) is 31.6. The molecule has 3 aromatic rings. The third-order valence-corrected chi connectivity index (χ3v) is 17.3. The lowest BCUT2D eigenvalue weighted by Crippen LogP contribution is -2.63. The van der Waals surface area contributed by atoms with Gasteiger partial charge in [0.25, 0.3) is 0 Å². The molecular formula is C65H88N6O18. The minimum atomic E-state index is -1.28. The third kappa shape index (κ3) is 18.0. The fraction of sp³-hybridized carbons (Fsp3) is 0.662. The molecule has 10 unspecified atom stereocenters. The second kappa shape index (κ2) is 33.5. The van der Waals surface area contributed by atoms with Crippen LogP contribution in [0.25, 0.3) is 20.9 Å². The van der Waals surface area contributed by atoms with Crippen LogP contribution >= 0.6 is 0 Å². The average Bonchev–Trinajstić information content (AvgIpc) is 2.32. The summed E-state index contributed by atoms with van der Waals surface area (Å²) in [6.45, 7) is 17.8. The van der Waals surface area contributed by atoms with Gasteiger partial charge in [-0.3, -0.25) is 9.59 Å². The Bertz CT molecular complexity index is 2820. The van der Waals surface area contributed by atoms with E-state index < -0.39 is 158 Å². The van der Waals surface area contributed by atoms with E-state index in [1.54, 1.807) is 13.8 Å². The Morgan fingerprint density at radius 2 is 0.865 bits per heavy atom. The van der Waals surface area contributed by atoms with E-state index in [4.69, 9.17) is 77.5 Å². The van der Waals surface area contributed by atoms with Crippen LogP contribution in [0.4, 0.5) is 0 Å². The Morgan fingerprint density at radius 3 is 1.27 bits per heavy atom. The SMILES string of the molecule is C#CCCCO[C@@H]1OC(C)[C@@H](O[C@@H]2OC(COC(C)=O)[C@@H](O[C@@H]3OC(C)[C@@H](O[C@@H]4OC(COC(C)=O)[C@@H](O[C@@H]5OC(C)[C@@H](O)[C@@H](OCc6ccccc6)C5C)[C@H](C)C4N=[N+]=[N-])[C@@H](OCc4ccccc4)C3C)[C@H](C)C2N=[N+]=[N-])[C@@H](OCc2ccccc2)C1C. The highest BCUT2D eigenvalue weighted by Gasteiger charge is 2.55. The second-order valence-corrected chi connectivity index (χ2v) is 23.9. The Balaban J connectivity index is 1.04. The Kier molecular flexibility index (Phi) is 26.0. The number of unbranched alkanes of at least 4 members (excludes halogenated alkanes) is 1. The highest BCUT2D eigenvalue weighted by atomic mass is 16.8. The lowest BCUT2D eigenvalue weighted by molar-refractivity contribution is -0.367. The zero-order valence-corrected chi connectivity index (χ0v) is 52.4. The number of rotatable bonds is 27. The molecule has 0 bridgehead atoms. The first-order valence-electron chi connectivity index (χ1n) is 30.8. The summed E-state index contributed by atoms with van der Waals surface area (Å²) in [5.74, 6) is -1.33. The van der Waals surface area contributed by atoms with E-state index in [1.807, 2.05) is 133 Å². The van der Waals surface area contributed by atoms with Crippen LogP contribution in [0.15, 0.2) is 101 Å². The molecule has 25 atom stereocenters. The molecule has 24 nitrogen and oxygen atoms in total. The number of hydrogen-bond acceptors (Lipinski definition) is 20. The van der Waals surface area contributed by atoms with Crippen molar-refractivity contribution in [3.63, 3.8) is 0 Å². The quantitative estimate of drug-likeness (QED) is 0.0186. The molecule has 5 aliphatic heterocycles. The van der Waals surface area contributed by atoms with E-state index >= 15 is 0 Å². The largest absolute Gasteiger partial charge is 0.463 e. The van der Waals surface area contributed by atoms with Gasteiger partial charge in [-0.1, -0.05) is 136 Å². The molecule has 5 saturated heterocycles. The molecule has 1 N–H and O–H groups in total. The molecule has 5 fully saturated rings. The van der Waals surface area contributed by atoms with Crippen LogP contribution < -0.4 is 0 Å². The molecule has 0 amide bonds. The van der Waals surface area contributed by atoms with Crippen LogP contribution in [0.5, 0.6) is 0 Å². The Morgan fingerprint density at radius 1 is 0.494 bits per heavy atom. The molecule has 0 aromatic heterocycles. The van der Waals surface area contributed by atoms with Crippen molar-refractivity contribution in [1.29, 1.82) is 0 Å². The van der Waals surface area contributed by atoms with Crippen molar-refractivity contribution in [1.82, 2.24) is 0 Å². The van der Waals surface area contributed by atoms with E-state index in [9.17, 15) is 25.8 Å². The molecule has 0 spiro atoms. The molecule has 5 aliphatic rings. The van der Waals surface area contributed by atoms with Crippen molar-refractivity contribution in [2.45, 2.75) is 225 Å². The first kappa shape index (κ1) is 69.1. The summed E-state index contributed by atoms with van der Waals surface area (Å²) in [6.07, 6.45) is -9.26. The van der Waals surface area contributed by atoms with Gasteiger partial charge in [-0.25, -0.2) is 0 Å². The molecule has 3 aromatic carbocycles.